The van der Waals surface area contributed by atoms with Crippen molar-refractivity contribution < 1.29 is 4.79 Å². The second kappa shape index (κ2) is 6.58. The molecule has 2 heteroatoms. The molecule has 1 fully saturated rings. The second-order valence-corrected chi connectivity index (χ2v) is 5.18. The first kappa shape index (κ1) is 13.1. The summed E-state index contributed by atoms with van der Waals surface area (Å²) in [5.41, 5.74) is 1.18. The van der Waals surface area contributed by atoms with E-state index in [2.05, 4.69) is 17.4 Å². The number of carbonyl (C=O) groups excluding carboxylic acids is 1. The van der Waals surface area contributed by atoms with Crippen LogP contribution in [0, 0.1) is 5.92 Å². The number of hydrogen-bond acceptors (Lipinski definition) is 1. The van der Waals surface area contributed by atoms with Crippen LogP contribution in [0.5, 0.6) is 0 Å². The molecule has 1 aliphatic rings. The summed E-state index contributed by atoms with van der Waals surface area (Å²) in [6.45, 7) is 2.70. The maximum atomic E-state index is 12.3. The van der Waals surface area contributed by atoms with Crippen molar-refractivity contribution >= 4 is 5.91 Å². The third kappa shape index (κ3) is 3.12. The lowest BCUT2D eigenvalue weighted by molar-refractivity contribution is -0.124. The number of rotatable bonds is 4. The molecule has 1 N–H and O–H groups in total. The van der Waals surface area contributed by atoms with E-state index in [1.807, 2.05) is 25.1 Å². The summed E-state index contributed by atoms with van der Waals surface area (Å²) in [6, 6.07) is 10.3. The topological polar surface area (TPSA) is 29.1 Å². The average Bonchev–Trinajstić information content (AvgIpc) is 2.42. The van der Waals surface area contributed by atoms with Crippen LogP contribution in [0.3, 0.4) is 0 Å². The molecule has 1 saturated carbocycles. The van der Waals surface area contributed by atoms with Gasteiger partial charge in [0.1, 0.15) is 0 Å². The summed E-state index contributed by atoms with van der Waals surface area (Å²) in [6.07, 6.45) is 6.25. The molecule has 2 nitrogen and oxygen atoms in total. The van der Waals surface area contributed by atoms with Gasteiger partial charge in [0, 0.05) is 6.54 Å². The Bertz CT molecular complexity index is 368. The Morgan fingerprint density at radius 3 is 2.50 bits per heavy atom. The maximum absolute atomic E-state index is 12.3. The molecule has 1 amide bonds. The van der Waals surface area contributed by atoms with Gasteiger partial charge in [-0.15, -0.1) is 0 Å². The van der Waals surface area contributed by atoms with Crippen LogP contribution in [0.15, 0.2) is 30.3 Å². The van der Waals surface area contributed by atoms with Crippen molar-refractivity contribution in [3.63, 3.8) is 0 Å². The first-order valence-corrected chi connectivity index (χ1v) is 7.15. The van der Waals surface area contributed by atoms with Crippen LogP contribution in [-0.4, -0.2) is 12.5 Å². The largest absolute Gasteiger partial charge is 0.356 e. The third-order valence-corrected chi connectivity index (χ3v) is 3.91. The predicted octanol–water partition coefficient (Wildman–Crippen LogP) is 3.49. The van der Waals surface area contributed by atoms with Crippen molar-refractivity contribution in [1.82, 2.24) is 5.32 Å². The predicted molar refractivity (Wildman–Crippen MR) is 74.4 cm³/mol. The molecule has 1 aromatic carbocycles. The third-order valence-electron chi connectivity index (χ3n) is 3.91. The molecule has 98 valence electrons. The average molecular weight is 245 g/mol. The fourth-order valence-electron chi connectivity index (χ4n) is 3.05. The number of hydrogen-bond donors (Lipinski definition) is 1. The fourth-order valence-corrected chi connectivity index (χ4v) is 3.05. The summed E-state index contributed by atoms with van der Waals surface area (Å²) in [7, 11) is 0. The molecule has 1 unspecified atom stereocenters. The zero-order valence-electron chi connectivity index (χ0n) is 11.2. The van der Waals surface area contributed by atoms with E-state index < -0.39 is 0 Å². The second-order valence-electron chi connectivity index (χ2n) is 5.18. The molecule has 0 bridgehead atoms. The van der Waals surface area contributed by atoms with Gasteiger partial charge >= 0.3 is 0 Å². The Morgan fingerprint density at radius 2 is 1.89 bits per heavy atom. The Labute approximate surface area is 110 Å². The number of amides is 1. The quantitative estimate of drug-likeness (QED) is 0.864. The Balaban J connectivity index is 2.19. The van der Waals surface area contributed by atoms with Crippen LogP contribution >= 0.6 is 0 Å². The van der Waals surface area contributed by atoms with Gasteiger partial charge in [-0.05, 0) is 31.2 Å². The molecule has 1 aromatic rings. The zero-order valence-corrected chi connectivity index (χ0v) is 11.2. The lowest BCUT2D eigenvalue weighted by Gasteiger charge is -2.29. The maximum Gasteiger partial charge on any atom is 0.227 e. The smallest absolute Gasteiger partial charge is 0.227 e. The number of benzene rings is 1. The monoisotopic (exact) mass is 245 g/mol. The molecule has 1 atom stereocenters. The fraction of sp³-hybridized carbons (Fsp3) is 0.562. The minimum atomic E-state index is 0.0476. The Hall–Kier alpha value is -1.31. The molecule has 0 heterocycles. The molecule has 0 saturated heterocycles. The molecule has 0 aliphatic heterocycles. The highest BCUT2D eigenvalue weighted by Crippen LogP contribution is 2.36. The summed E-state index contributed by atoms with van der Waals surface area (Å²) in [5, 5.41) is 3.00. The first-order valence-electron chi connectivity index (χ1n) is 7.15. The highest BCUT2D eigenvalue weighted by Gasteiger charge is 2.30. The van der Waals surface area contributed by atoms with Crippen molar-refractivity contribution in [2.45, 2.75) is 44.9 Å². The van der Waals surface area contributed by atoms with Gasteiger partial charge in [-0.3, -0.25) is 4.79 Å². The van der Waals surface area contributed by atoms with Gasteiger partial charge in [0.15, 0.2) is 0 Å². The lowest BCUT2D eigenvalue weighted by Crippen LogP contribution is -2.34. The van der Waals surface area contributed by atoms with Gasteiger partial charge in [0.05, 0.1) is 5.92 Å². The van der Waals surface area contributed by atoms with Crippen LogP contribution in [0.25, 0.3) is 0 Å². The molecular formula is C16H23NO. The van der Waals surface area contributed by atoms with Gasteiger partial charge in [-0.25, -0.2) is 0 Å². The molecule has 0 radical (unpaired) electrons. The van der Waals surface area contributed by atoms with Crippen molar-refractivity contribution in [2.24, 2.45) is 5.92 Å². The zero-order chi connectivity index (χ0) is 12.8. The van der Waals surface area contributed by atoms with E-state index in [4.69, 9.17) is 0 Å². The van der Waals surface area contributed by atoms with Crippen molar-refractivity contribution in [2.75, 3.05) is 6.54 Å². The van der Waals surface area contributed by atoms with Crippen molar-refractivity contribution in [3.8, 4) is 0 Å². The Morgan fingerprint density at radius 1 is 1.22 bits per heavy atom. The number of carbonyl (C=O) groups is 1. The van der Waals surface area contributed by atoms with Gasteiger partial charge < -0.3 is 5.32 Å². The summed E-state index contributed by atoms with van der Waals surface area (Å²) >= 11 is 0. The lowest BCUT2D eigenvalue weighted by atomic mass is 9.76. The van der Waals surface area contributed by atoms with E-state index in [-0.39, 0.29) is 11.8 Å². The molecule has 1 aliphatic carbocycles. The normalized spacial score (nSPS) is 18.3. The molecule has 0 aromatic heterocycles. The van der Waals surface area contributed by atoms with Crippen LogP contribution in [0.4, 0.5) is 0 Å². The highest BCUT2D eigenvalue weighted by molar-refractivity contribution is 5.84. The number of nitrogens with one attached hydrogen (secondary N) is 1. The molecule has 0 spiro atoms. The molecule has 2 rings (SSSR count). The molecule has 18 heavy (non-hydrogen) atoms. The van der Waals surface area contributed by atoms with Gasteiger partial charge in [-0.1, -0.05) is 49.6 Å². The SMILES string of the molecule is CCNC(=O)C(c1ccccc1)C1CCCCC1. The van der Waals surface area contributed by atoms with Gasteiger partial charge in [0.25, 0.3) is 0 Å². The van der Waals surface area contributed by atoms with Crippen molar-refractivity contribution in [1.29, 1.82) is 0 Å². The van der Waals surface area contributed by atoms with E-state index >= 15 is 0 Å². The van der Waals surface area contributed by atoms with Crippen LogP contribution in [0.1, 0.15) is 50.5 Å². The van der Waals surface area contributed by atoms with Crippen LogP contribution in [-0.2, 0) is 4.79 Å². The summed E-state index contributed by atoms with van der Waals surface area (Å²) < 4.78 is 0. The van der Waals surface area contributed by atoms with Gasteiger partial charge in [0.2, 0.25) is 5.91 Å². The summed E-state index contributed by atoms with van der Waals surface area (Å²) in [5.74, 6) is 0.773. The highest BCUT2D eigenvalue weighted by atomic mass is 16.1. The van der Waals surface area contributed by atoms with E-state index in [1.165, 1.54) is 37.7 Å². The standard InChI is InChI=1S/C16H23NO/c1-2-17-16(18)15(13-9-5-3-6-10-13)14-11-7-4-8-12-14/h3,5-6,9-10,14-15H,2,4,7-8,11-12H2,1H3,(H,17,18). The van der Waals surface area contributed by atoms with E-state index in [9.17, 15) is 4.79 Å². The molecular weight excluding hydrogens is 222 g/mol. The van der Waals surface area contributed by atoms with Gasteiger partial charge in [-0.2, -0.15) is 0 Å². The summed E-state index contributed by atoms with van der Waals surface area (Å²) in [4.78, 5) is 12.3. The van der Waals surface area contributed by atoms with E-state index in [1.54, 1.807) is 0 Å². The van der Waals surface area contributed by atoms with E-state index in [0.717, 1.165) is 6.54 Å². The van der Waals surface area contributed by atoms with Crippen molar-refractivity contribution in [3.05, 3.63) is 35.9 Å². The van der Waals surface area contributed by atoms with E-state index in [0.29, 0.717) is 5.92 Å². The minimum absolute atomic E-state index is 0.0476. The van der Waals surface area contributed by atoms with Crippen LogP contribution in [0.2, 0.25) is 0 Å². The Kier molecular flexibility index (Phi) is 4.80. The minimum Gasteiger partial charge on any atom is -0.356 e. The first-order chi connectivity index (χ1) is 8.83. The number of likely N-dealkylation sites (N-methyl/N-ethyl adjacent to an activating group) is 1. The van der Waals surface area contributed by atoms with Crippen LogP contribution < -0.4 is 5.32 Å².